The predicted molar refractivity (Wildman–Crippen MR) is 65.9 cm³/mol. The van der Waals surface area contributed by atoms with Crippen LogP contribution in [0.3, 0.4) is 0 Å². The monoisotopic (exact) mass is 238 g/mol. The second-order valence-electron chi connectivity index (χ2n) is 3.48. The van der Waals surface area contributed by atoms with E-state index in [2.05, 4.69) is 5.32 Å². The van der Waals surface area contributed by atoms with Crippen molar-refractivity contribution in [2.45, 2.75) is 6.42 Å². The molecule has 1 aromatic carbocycles. The van der Waals surface area contributed by atoms with Crippen LogP contribution in [0.15, 0.2) is 24.3 Å². The lowest BCUT2D eigenvalue weighted by molar-refractivity contribution is -0.122. The molecule has 3 N–H and O–H groups in total. The summed E-state index contributed by atoms with van der Waals surface area (Å²) >= 11 is 0. The number of nitrogens with two attached hydrogens (primary N) is 1. The first-order valence-electron chi connectivity index (χ1n) is 5.47. The van der Waals surface area contributed by atoms with Gasteiger partial charge in [0.25, 0.3) is 0 Å². The van der Waals surface area contributed by atoms with Gasteiger partial charge in [-0.2, -0.15) is 0 Å². The number of methoxy groups -OCH3 is 1. The van der Waals surface area contributed by atoms with E-state index in [1.807, 2.05) is 12.1 Å². The van der Waals surface area contributed by atoms with Gasteiger partial charge < -0.3 is 20.5 Å². The van der Waals surface area contributed by atoms with Gasteiger partial charge in [0.2, 0.25) is 5.91 Å². The Kier molecular flexibility index (Phi) is 5.88. The van der Waals surface area contributed by atoms with Gasteiger partial charge in [0.05, 0.1) is 18.8 Å². The zero-order valence-corrected chi connectivity index (χ0v) is 9.94. The first kappa shape index (κ1) is 13.3. The number of ether oxygens (including phenoxy) is 2. The normalized spacial score (nSPS) is 9.94. The standard InChI is InChI=1S/C12H18N2O3/c1-16-8-6-12(15)14-7-9-17-11-5-3-2-4-10(11)13/h2-5H,6-9,13H2,1H3,(H,14,15). The summed E-state index contributed by atoms with van der Waals surface area (Å²) in [5, 5.41) is 2.72. The molecule has 5 heteroatoms. The first-order valence-corrected chi connectivity index (χ1v) is 5.47. The van der Waals surface area contributed by atoms with Gasteiger partial charge in [-0.25, -0.2) is 0 Å². The highest BCUT2D eigenvalue weighted by Crippen LogP contribution is 2.19. The molecule has 1 rings (SSSR count). The molecule has 0 saturated heterocycles. The van der Waals surface area contributed by atoms with Gasteiger partial charge in [0, 0.05) is 13.5 Å². The van der Waals surface area contributed by atoms with E-state index in [9.17, 15) is 4.79 Å². The maximum atomic E-state index is 11.2. The van der Waals surface area contributed by atoms with Gasteiger partial charge in [-0.3, -0.25) is 4.79 Å². The highest BCUT2D eigenvalue weighted by atomic mass is 16.5. The third-order valence-electron chi connectivity index (χ3n) is 2.13. The molecule has 5 nitrogen and oxygen atoms in total. The molecule has 0 aliphatic heterocycles. The van der Waals surface area contributed by atoms with E-state index in [-0.39, 0.29) is 5.91 Å². The molecule has 0 heterocycles. The van der Waals surface area contributed by atoms with Crippen LogP contribution in [0.4, 0.5) is 5.69 Å². The Morgan fingerprint density at radius 3 is 2.82 bits per heavy atom. The fraction of sp³-hybridized carbons (Fsp3) is 0.417. The van der Waals surface area contributed by atoms with Crippen molar-refractivity contribution in [1.29, 1.82) is 0 Å². The fourth-order valence-corrected chi connectivity index (χ4v) is 1.25. The number of anilines is 1. The predicted octanol–water partition coefficient (Wildman–Crippen LogP) is 0.800. The van der Waals surface area contributed by atoms with E-state index >= 15 is 0 Å². The third kappa shape index (κ3) is 5.21. The van der Waals surface area contributed by atoms with Crippen LogP contribution >= 0.6 is 0 Å². The molecule has 1 amide bonds. The van der Waals surface area contributed by atoms with Gasteiger partial charge in [0.1, 0.15) is 12.4 Å². The highest BCUT2D eigenvalue weighted by molar-refractivity contribution is 5.75. The van der Waals surface area contributed by atoms with Gasteiger partial charge >= 0.3 is 0 Å². The molecule has 0 aliphatic rings. The molecule has 0 fully saturated rings. The summed E-state index contributed by atoms with van der Waals surface area (Å²) in [6.45, 7) is 1.28. The Labute approximate surface area is 101 Å². The minimum Gasteiger partial charge on any atom is -0.490 e. The summed E-state index contributed by atoms with van der Waals surface area (Å²) < 4.78 is 10.2. The Balaban J connectivity index is 2.16. The lowest BCUT2D eigenvalue weighted by atomic mass is 10.3. The van der Waals surface area contributed by atoms with Crippen molar-refractivity contribution in [3.63, 3.8) is 0 Å². The Morgan fingerprint density at radius 1 is 1.35 bits per heavy atom. The quantitative estimate of drug-likeness (QED) is 0.544. The third-order valence-corrected chi connectivity index (χ3v) is 2.13. The van der Waals surface area contributed by atoms with Gasteiger partial charge in [-0.15, -0.1) is 0 Å². The summed E-state index contributed by atoms with van der Waals surface area (Å²) in [4.78, 5) is 11.2. The van der Waals surface area contributed by atoms with Crippen molar-refractivity contribution in [3.8, 4) is 5.75 Å². The summed E-state index contributed by atoms with van der Waals surface area (Å²) in [6.07, 6.45) is 0.365. The molecule has 94 valence electrons. The maximum absolute atomic E-state index is 11.2. The number of carbonyl (C=O) groups is 1. The highest BCUT2D eigenvalue weighted by Gasteiger charge is 2.01. The number of rotatable bonds is 7. The molecule has 0 spiro atoms. The van der Waals surface area contributed by atoms with Crippen molar-refractivity contribution >= 4 is 11.6 Å². The molecular formula is C12H18N2O3. The number of nitrogens with one attached hydrogen (secondary N) is 1. The average molecular weight is 238 g/mol. The van der Waals surface area contributed by atoms with Crippen molar-refractivity contribution in [3.05, 3.63) is 24.3 Å². The molecule has 0 saturated carbocycles. The van der Waals surface area contributed by atoms with Crippen molar-refractivity contribution < 1.29 is 14.3 Å². The van der Waals surface area contributed by atoms with Crippen LogP contribution in [-0.2, 0) is 9.53 Å². The molecule has 0 radical (unpaired) electrons. The van der Waals surface area contributed by atoms with E-state index < -0.39 is 0 Å². The topological polar surface area (TPSA) is 73.6 Å². The molecule has 0 aromatic heterocycles. The number of hydrogen-bond donors (Lipinski definition) is 2. The summed E-state index contributed by atoms with van der Waals surface area (Å²) in [5.41, 5.74) is 6.29. The lowest BCUT2D eigenvalue weighted by Gasteiger charge is -2.09. The molecule has 0 aliphatic carbocycles. The molecule has 0 unspecified atom stereocenters. The van der Waals surface area contributed by atoms with E-state index in [1.54, 1.807) is 19.2 Å². The van der Waals surface area contributed by atoms with Crippen LogP contribution in [0.2, 0.25) is 0 Å². The zero-order valence-electron chi connectivity index (χ0n) is 9.94. The number of benzene rings is 1. The van der Waals surface area contributed by atoms with E-state index in [4.69, 9.17) is 15.2 Å². The molecule has 1 aromatic rings. The van der Waals surface area contributed by atoms with Crippen LogP contribution in [-0.4, -0.2) is 32.8 Å². The number of para-hydroxylation sites is 2. The number of hydrogen-bond acceptors (Lipinski definition) is 4. The van der Waals surface area contributed by atoms with Crippen LogP contribution in [0.25, 0.3) is 0 Å². The van der Waals surface area contributed by atoms with E-state index in [0.29, 0.717) is 37.6 Å². The first-order chi connectivity index (χ1) is 8.24. The van der Waals surface area contributed by atoms with Crippen LogP contribution in [0.5, 0.6) is 5.75 Å². The van der Waals surface area contributed by atoms with Gasteiger partial charge in [0.15, 0.2) is 0 Å². The second kappa shape index (κ2) is 7.51. The summed E-state index contributed by atoms with van der Waals surface area (Å²) in [5.74, 6) is 0.593. The summed E-state index contributed by atoms with van der Waals surface area (Å²) in [6, 6.07) is 7.26. The Bertz CT molecular complexity index is 355. The maximum Gasteiger partial charge on any atom is 0.222 e. The lowest BCUT2D eigenvalue weighted by Crippen LogP contribution is -2.28. The molecule has 0 bridgehead atoms. The minimum atomic E-state index is -0.0449. The molecule has 0 atom stereocenters. The largest absolute Gasteiger partial charge is 0.490 e. The van der Waals surface area contributed by atoms with E-state index in [0.717, 1.165) is 0 Å². The van der Waals surface area contributed by atoms with Crippen molar-refractivity contribution in [2.24, 2.45) is 0 Å². The van der Waals surface area contributed by atoms with Crippen LogP contribution in [0.1, 0.15) is 6.42 Å². The Hall–Kier alpha value is -1.75. The molecular weight excluding hydrogens is 220 g/mol. The number of nitrogen functional groups attached to an aromatic ring is 1. The van der Waals surface area contributed by atoms with Crippen LogP contribution < -0.4 is 15.8 Å². The SMILES string of the molecule is COCCC(=O)NCCOc1ccccc1N. The fourth-order valence-electron chi connectivity index (χ4n) is 1.25. The van der Waals surface area contributed by atoms with Crippen molar-refractivity contribution in [1.82, 2.24) is 5.32 Å². The van der Waals surface area contributed by atoms with Crippen molar-refractivity contribution in [2.75, 3.05) is 32.6 Å². The van der Waals surface area contributed by atoms with Crippen LogP contribution in [0, 0.1) is 0 Å². The smallest absolute Gasteiger partial charge is 0.222 e. The Morgan fingerprint density at radius 2 is 2.12 bits per heavy atom. The summed E-state index contributed by atoms with van der Waals surface area (Å²) in [7, 11) is 1.56. The van der Waals surface area contributed by atoms with E-state index in [1.165, 1.54) is 0 Å². The average Bonchev–Trinajstić information content (AvgIpc) is 2.34. The van der Waals surface area contributed by atoms with Gasteiger partial charge in [-0.05, 0) is 12.1 Å². The zero-order chi connectivity index (χ0) is 12.5. The second-order valence-corrected chi connectivity index (χ2v) is 3.48. The number of carbonyl (C=O) groups excluding carboxylic acids is 1. The molecule has 17 heavy (non-hydrogen) atoms. The minimum absolute atomic E-state index is 0.0449. The number of amides is 1. The van der Waals surface area contributed by atoms with Gasteiger partial charge in [-0.1, -0.05) is 12.1 Å².